The van der Waals surface area contributed by atoms with E-state index in [1.807, 2.05) is 0 Å². The molecule has 0 unspecified atom stereocenters. The van der Waals surface area contributed by atoms with Gasteiger partial charge in [-0.15, -0.1) is 0 Å². The third-order valence-electron chi connectivity index (χ3n) is 2.60. The fourth-order valence-electron chi connectivity index (χ4n) is 1.62. The van der Waals surface area contributed by atoms with Crippen LogP contribution in [0.2, 0.25) is 5.02 Å². The van der Waals surface area contributed by atoms with E-state index in [0.717, 1.165) is 8.04 Å². The lowest BCUT2D eigenvalue weighted by atomic mass is 10.0. The molecule has 0 fully saturated rings. The van der Waals surface area contributed by atoms with Crippen molar-refractivity contribution >= 4 is 55.9 Å². The van der Waals surface area contributed by atoms with Gasteiger partial charge in [-0.25, -0.2) is 4.39 Å². The van der Waals surface area contributed by atoms with Crippen molar-refractivity contribution < 1.29 is 9.18 Å². The van der Waals surface area contributed by atoms with E-state index in [4.69, 9.17) is 11.6 Å². The molecule has 19 heavy (non-hydrogen) atoms. The second kappa shape index (κ2) is 6.33. The van der Waals surface area contributed by atoms with E-state index in [1.54, 1.807) is 24.3 Å². The normalized spacial score (nSPS) is 10.5. The molecule has 0 N–H and O–H groups in total. The van der Waals surface area contributed by atoms with Gasteiger partial charge in [-0.05, 0) is 58.5 Å². The molecule has 2 aromatic rings. The Balaban J connectivity index is 2.25. The largest absolute Gasteiger partial charge is 0.294 e. The van der Waals surface area contributed by atoms with Crippen molar-refractivity contribution in [2.45, 2.75) is 6.42 Å². The molecule has 2 rings (SSSR count). The van der Waals surface area contributed by atoms with Crippen molar-refractivity contribution in [1.82, 2.24) is 0 Å². The van der Waals surface area contributed by atoms with E-state index in [0.29, 0.717) is 16.1 Å². The van der Waals surface area contributed by atoms with Crippen LogP contribution in [0.25, 0.3) is 0 Å². The van der Waals surface area contributed by atoms with Crippen LogP contribution < -0.4 is 0 Å². The zero-order chi connectivity index (χ0) is 14.0. The van der Waals surface area contributed by atoms with Crippen LogP contribution in [0, 0.1) is 9.39 Å². The van der Waals surface area contributed by atoms with Gasteiger partial charge in [0.15, 0.2) is 5.78 Å². The summed E-state index contributed by atoms with van der Waals surface area (Å²) in [6.45, 7) is 0. The van der Waals surface area contributed by atoms with Gasteiger partial charge in [0, 0.05) is 20.0 Å². The Kier molecular flexibility index (Phi) is 4.97. The molecule has 0 aromatic heterocycles. The maximum Gasteiger partial charge on any atom is 0.167 e. The van der Waals surface area contributed by atoms with Crippen molar-refractivity contribution in [3.05, 3.63) is 66.4 Å². The van der Waals surface area contributed by atoms with Gasteiger partial charge >= 0.3 is 0 Å². The summed E-state index contributed by atoms with van der Waals surface area (Å²) in [5.74, 6) is -0.448. The second-order valence-electron chi connectivity index (χ2n) is 3.96. The summed E-state index contributed by atoms with van der Waals surface area (Å²) in [6.07, 6.45) is 0.134. The first-order valence-electron chi connectivity index (χ1n) is 5.39. The summed E-state index contributed by atoms with van der Waals surface area (Å²) in [5, 5.41) is 0.546. The number of hydrogen-bond donors (Lipinski definition) is 0. The minimum Gasteiger partial charge on any atom is -0.294 e. The number of carbonyl (C=O) groups excluding carboxylic acids is 1. The molecule has 0 radical (unpaired) electrons. The monoisotopic (exact) mass is 452 g/mol. The van der Waals surface area contributed by atoms with E-state index in [-0.39, 0.29) is 18.0 Å². The third kappa shape index (κ3) is 3.77. The average molecular weight is 453 g/mol. The summed E-state index contributed by atoms with van der Waals surface area (Å²) in [4.78, 5) is 12.1. The Labute approximate surface area is 137 Å². The molecule has 0 amide bonds. The van der Waals surface area contributed by atoms with Crippen molar-refractivity contribution in [2.75, 3.05) is 0 Å². The van der Waals surface area contributed by atoms with Crippen molar-refractivity contribution in [2.24, 2.45) is 0 Å². The molecular formula is C14H8BrClFIO. The smallest absolute Gasteiger partial charge is 0.167 e. The van der Waals surface area contributed by atoms with Gasteiger partial charge in [0.2, 0.25) is 0 Å². The molecule has 0 spiro atoms. The second-order valence-corrected chi connectivity index (χ2v) is 6.39. The first-order valence-corrected chi connectivity index (χ1v) is 7.64. The highest BCUT2D eigenvalue weighted by Crippen LogP contribution is 2.23. The van der Waals surface area contributed by atoms with E-state index < -0.39 is 0 Å². The Morgan fingerprint density at radius 2 is 2.00 bits per heavy atom. The highest BCUT2D eigenvalue weighted by molar-refractivity contribution is 14.1. The van der Waals surface area contributed by atoms with Crippen LogP contribution >= 0.6 is 50.1 Å². The number of hydrogen-bond acceptors (Lipinski definition) is 1. The van der Waals surface area contributed by atoms with Gasteiger partial charge in [0.05, 0.1) is 5.02 Å². The summed E-state index contributed by atoms with van der Waals surface area (Å²) in [6, 6.07) is 9.45. The number of Topliss-reactive ketones (excluding diaryl/α,β-unsaturated/α-hetero) is 1. The first-order chi connectivity index (χ1) is 8.97. The van der Waals surface area contributed by atoms with Crippen LogP contribution in [0.15, 0.2) is 40.9 Å². The van der Waals surface area contributed by atoms with Crippen molar-refractivity contribution in [1.29, 1.82) is 0 Å². The van der Waals surface area contributed by atoms with Crippen LogP contribution in [-0.2, 0) is 6.42 Å². The lowest BCUT2D eigenvalue weighted by molar-refractivity contribution is 0.0992. The standard InChI is InChI=1S/C14H8BrClFIO/c15-11-3-2-10(17)5-9(11)7-14(19)8-1-4-13(18)12(16)6-8/h1-6H,7H2. The molecule has 0 saturated carbocycles. The lowest BCUT2D eigenvalue weighted by Crippen LogP contribution is -2.04. The summed E-state index contributed by atoms with van der Waals surface area (Å²) in [7, 11) is 0. The maximum atomic E-state index is 13.2. The van der Waals surface area contributed by atoms with Gasteiger partial charge in [-0.1, -0.05) is 33.6 Å². The number of carbonyl (C=O) groups is 1. The molecule has 0 atom stereocenters. The minimum atomic E-state index is -0.355. The Morgan fingerprint density at radius 1 is 1.26 bits per heavy atom. The zero-order valence-electron chi connectivity index (χ0n) is 9.59. The summed E-state index contributed by atoms with van der Waals surface area (Å²) >= 11 is 11.4. The van der Waals surface area contributed by atoms with Crippen LogP contribution in [0.5, 0.6) is 0 Å². The predicted molar refractivity (Wildman–Crippen MR) is 86.3 cm³/mol. The lowest BCUT2D eigenvalue weighted by Gasteiger charge is -2.05. The van der Waals surface area contributed by atoms with Crippen LogP contribution in [-0.4, -0.2) is 5.78 Å². The van der Waals surface area contributed by atoms with Crippen LogP contribution in [0.3, 0.4) is 0 Å². The van der Waals surface area contributed by atoms with Crippen LogP contribution in [0.1, 0.15) is 15.9 Å². The van der Waals surface area contributed by atoms with Crippen molar-refractivity contribution in [3.8, 4) is 0 Å². The van der Waals surface area contributed by atoms with E-state index in [9.17, 15) is 9.18 Å². The summed E-state index contributed by atoms with van der Waals surface area (Å²) in [5.41, 5.74) is 1.15. The molecule has 5 heteroatoms. The maximum absolute atomic E-state index is 13.2. The molecule has 1 nitrogen and oxygen atoms in total. The van der Waals surface area contributed by atoms with Crippen LogP contribution in [0.4, 0.5) is 4.39 Å². The molecule has 0 saturated heterocycles. The quantitative estimate of drug-likeness (QED) is 0.457. The van der Waals surface area contributed by atoms with E-state index >= 15 is 0 Å². The highest BCUT2D eigenvalue weighted by atomic mass is 127. The molecule has 0 bridgehead atoms. The third-order valence-corrected chi connectivity index (χ3v) is 4.95. The SMILES string of the molecule is O=C(Cc1cc(F)ccc1Br)c1ccc(I)c(Cl)c1. The number of benzene rings is 2. The van der Waals surface area contributed by atoms with Gasteiger partial charge in [0.25, 0.3) is 0 Å². The number of halogens is 4. The molecule has 0 aliphatic rings. The van der Waals surface area contributed by atoms with E-state index in [2.05, 4.69) is 38.5 Å². The molecular weight excluding hydrogens is 445 g/mol. The number of ketones is 1. The van der Waals surface area contributed by atoms with Crippen molar-refractivity contribution in [3.63, 3.8) is 0 Å². The van der Waals surface area contributed by atoms with Gasteiger partial charge in [-0.2, -0.15) is 0 Å². The Hall–Kier alpha value is -0.460. The fraction of sp³-hybridized carbons (Fsp3) is 0.0714. The number of rotatable bonds is 3. The minimum absolute atomic E-state index is 0.0930. The molecule has 0 aliphatic carbocycles. The van der Waals surface area contributed by atoms with E-state index in [1.165, 1.54) is 12.1 Å². The fourth-order valence-corrected chi connectivity index (χ4v) is 2.53. The van der Waals surface area contributed by atoms with Gasteiger partial charge in [-0.3, -0.25) is 4.79 Å². The predicted octanol–water partition coefficient (Wildman–Crippen LogP) is 5.27. The Morgan fingerprint density at radius 3 is 2.68 bits per heavy atom. The molecule has 0 aliphatic heterocycles. The first kappa shape index (κ1) is 14.9. The Bertz CT molecular complexity index is 645. The molecule has 98 valence electrons. The zero-order valence-corrected chi connectivity index (χ0v) is 14.1. The topological polar surface area (TPSA) is 17.1 Å². The molecule has 2 aromatic carbocycles. The average Bonchev–Trinajstić information content (AvgIpc) is 2.37. The van der Waals surface area contributed by atoms with Gasteiger partial charge < -0.3 is 0 Å². The van der Waals surface area contributed by atoms with Gasteiger partial charge in [0.1, 0.15) is 5.82 Å². The summed E-state index contributed by atoms with van der Waals surface area (Å²) < 4.78 is 14.8. The highest BCUT2D eigenvalue weighted by Gasteiger charge is 2.11. The molecule has 0 heterocycles.